The Labute approximate surface area is 410 Å². The highest BCUT2D eigenvalue weighted by Gasteiger charge is 2.19. The van der Waals surface area contributed by atoms with Gasteiger partial charge in [-0.05, 0) is 135 Å². The van der Waals surface area contributed by atoms with Gasteiger partial charge in [0.15, 0.2) is 6.10 Å². The molecule has 0 aromatic heterocycles. The summed E-state index contributed by atoms with van der Waals surface area (Å²) < 4.78 is 16.7. The summed E-state index contributed by atoms with van der Waals surface area (Å²) in [6.45, 7) is 6.25. The normalized spacial score (nSPS) is 13.3. The van der Waals surface area contributed by atoms with Gasteiger partial charge in [-0.2, -0.15) is 0 Å². The van der Waals surface area contributed by atoms with E-state index in [-0.39, 0.29) is 44.0 Å². The molecule has 374 valence electrons. The molecule has 67 heavy (non-hydrogen) atoms. The second-order valence-corrected chi connectivity index (χ2v) is 16.7. The van der Waals surface area contributed by atoms with E-state index < -0.39 is 6.10 Å². The molecule has 0 saturated carbocycles. The van der Waals surface area contributed by atoms with E-state index >= 15 is 0 Å². The number of esters is 3. The molecule has 0 N–H and O–H groups in total. The average Bonchev–Trinajstić information content (AvgIpc) is 3.33. The van der Waals surface area contributed by atoms with Crippen LogP contribution in [-0.4, -0.2) is 37.2 Å². The topological polar surface area (TPSA) is 78.9 Å². The molecule has 0 rings (SSSR count). The molecule has 0 fully saturated rings. The van der Waals surface area contributed by atoms with Crippen molar-refractivity contribution in [1.29, 1.82) is 0 Å². The third kappa shape index (κ3) is 52.1. The fourth-order valence-electron chi connectivity index (χ4n) is 6.41. The van der Waals surface area contributed by atoms with Crippen molar-refractivity contribution >= 4 is 17.9 Å². The summed E-state index contributed by atoms with van der Waals surface area (Å²) in [6.07, 6.45) is 76.9. The quantitative estimate of drug-likeness (QED) is 0.0262. The Bertz CT molecular complexity index is 1530. The predicted molar refractivity (Wildman–Crippen MR) is 288 cm³/mol. The van der Waals surface area contributed by atoms with Gasteiger partial charge in [0.2, 0.25) is 0 Å². The molecule has 1 atom stereocenters. The van der Waals surface area contributed by atoms with Crippen molar-refractivity contribution in [3.63, 3.8) is 0 Å². The van der Waals surface area contributed by atoms with Crippen molar-refractivity contribution in [2.24, 2.45) is 0 Å². The number of carbonyl (C=O) groups excluding carboxylic acids is 3. The molecule has 0 radical (unpaired) electrons. The van der Waals surface area contributed by atoms with Crippen molar-refractivity contribution in [1.82, 2.24) is 0 Å². The number of hydrogen-bond acceptors (Lipinski definition) is 6. The molecule has 0 heterocycles. The first-order chi connectivity index (χ1) is 33.0. The van der Waals surface area contributed by atoms with E-state index in [1.807, 2.05) is 0 Å². The van der Waals surface area contributed by atoms with Gasteiger partial charge in [0, 0.05) is 19.3 Å². The first-order valence-corrected chi connectivity index (χ1v) is 26.3. The Morgan fingerprint density at radius 3 is 0.985 bits per heavy atom. The largest absolute Gasteiger partial charge is 0.462 e. The zero-order valence-electron chi connectivity index (χ0n) is 42.6. The van der Waals surface area contributed by atoms with Crippen molar-refractivity contribution in [2.45, 2.75) is 207 Å². The van der Waals surface area contributed by atoms with Crippen molar-refractivity contribution in [2.75, 3.05) is 13.2 Å². The van der Waals surface area contributed by atoms with E-state index in [4.69, 9.17) is 14.2 Å². The van der Waals surface area contributed by atoms with Gasteiger partial charge in [-0.15, -0.1) is 0 Å². The molecule has 0 unspecified atom stereocenters. The van der Waals surface area contributed by atoms with Crippen LogP contribution in [0.4, 0.5) is 0 Å². The highest BCUT2D eigenvalue weighted by Crippen LogP contribution is 2.11. The van der Waals surface area contributed by atoms with E-state index in [2.05, 4.69) is 167 Å². The number of allylic oxidation sites excluding steroid dienone is 24. The lowest BCUT2D eigenvalue weighted by Crippen LogP contribution is -2.30. The van der Waals surface area contributed by atoms with Crippen molar-refractivity contribution in [3.8, 4) is 0 Å². The summed E-state index contributed by atoms with van der Waals surface area (Å²) >= 11 is 0. The Hall–Kier alpha value is -4.71. The van der Waals surface area contributed by atoms with E-state index in [1.165, 1.54) is 25.7 Å². The van der Waals surface area contributed by atoms with Gasteiger partial charge in [0.05, 0.1) is 0 Å². The van der Waals surface area contributed by atoms with Crippen LogP contribution in [0.1, 0.15) is 201 Å². The summed E-state index contributed by atoms with van der Waals surface area (Å²) in [5.41, 5.74) is 0. The van der Waals surface area contributed by atoms with E-state index in [1.54, 1.807) is 0 Å². The average molecular weight is 923 g/mol. The zero-order chi connectivity index (χ0) is 48.6. The second kappa shape index (κ2) is 53.9. The number of rotatable bonds is 45. The molecular formula is C61H94O6. The Balaban J connectivity index is 4.61. The van der Waals surface area contributed by atoms with Crippen molar-refractivity contribution in [3.05, 3.63) is 146 Å². The SMILES string of the molecule is CC/C=C\C/C=C\C/C=C\C/C=C\C/C=C\CCCC(=O)OC[C@H](COC(=O)CCCCCC/C=C\C/C=C\C/C=C\C/C=C\CC)OC(=O)CCCC/C=C\C/C=C\C/C=C\CCCCC. The standard InChI is InChI=1S/C61H94O6/c1-4-7-10-13-16-19-22-25-28-30-33-35-38-41-44-47-50-53-59(62)65-56-58(67-61(64)55-52-49-46-43-40-37-32-27-24-21-18-15-12-9-6-3)57-66-60(63)54-51-48-45-42-39-36-34-31-29-26-23-20-17-14-11-8-5-2/h7-8,10-11,16-21,25-29,32-36,40-41,43-44,58H,4-6,9,12-15,22-24,30-31,37-39,42,45-57H2,1-3H3/b10-7-,11-8-,19-16-,20-17-,21-18-,28-25-,29-26-,32-27-,35-33-,36-34-,43-40-,44-41-/t58-/m1/s1. The van der Waals surface area contributed by atoms with Gasteiger partial charge < -0.3 is 14.2 Å². The molecule has 0 aliphatic carbocycles. The Morgan fingerprint density at radius 2 is 0.597 bits per heavy atom. The lowest BCUT2D eigenvalue weighted by atomic mass is 10.1. The lowest BCUT2D eigenvalue weighted by molar-refractivity contribution is -0.167. The van der Waals surface area contributed by atoms with Crippen LogP contribution in [0, 0.1) is 0 Å². The van der Waals surface area contributed by atoms with Crippen LogP contribution < -0.4 is 0 Å². The monoisotopic (exact) mass is 923 g/mol. The third-order valence-electron chi connectivity index (χ3n) is 10.3. The molecule has 0 aromatic carbocycles. The summed E-state index contributed by atoms with van der Waals surface area (Å²) in [4.78, 5) is 38.0. The Morgan fingerprint density at radius 1 is 0.313 bits per heavy atom. The molecular weight excluding hydrogens is 829 g/mol. The molecule has 0 saturated heterocycles. The molecule has 6 nitrogen and oxygen atoms in total. The maximum absolute atomic E-state index is 12.8. The van der Waals surface area contributed by atoms with Crippen LogP contribution in [-0.2, 0) is 28.6 Å². The number of ether oxygens (including phenoxy) is 3. The minimum Gasteiger partial charge on any atom is -0.462 e. The highest BCUT2D eigenvalue weighted by atomic mass is 16.6. The lowest BCUT2D eigenvalue weighted by Gasteiger charge is -2.18. The minimum absolute atomic E-state index is 0.130. The van der Waals surface area contributed by atoms with E-state index in [0.717, 1.165) is 122 Å². The van der Waals surface area contributed by atoms with Gasteiger partial charge in [-0.25, -0.2) is 0 Å². The molecule has 0 aromatic rings. The van der Waals surface area contributed by atoms with Gasteiger partial charge in [0.25, 0.3) is 0 Å². The number of unbranched alkanes of at least 4 members (excludes halogenated alkanes) is 10. The fraction of sp³-hybridized carbons (Fsp3) is 0.557. The van der Waals surface area contributed by atoms with Gasteiger partial charge in [-0.1, -0.05) is 192 Å². The van der Waals surface area contributed by atoms with E-state index in [0.29, 0.717) is 19.3 Å². The van der Waals surface area contributed by atoms with Crippen LogP contribution in [0.3, 0.4) is 0 Å². The maximum Gasteiger partial charge on any atom is 0.306 e. The molecule has 0 amide bonds. The van der Waals surface area contributed by atoms with Gasteiger partial charge in [0.1, 0.15) is 13.2 Å². The van der Waals surface area contributed by atoms with Crippen LogP contribution >= 0.6 is 0 Å². The van der Waals surface area contributed by atoms with Crippen molar-refractivity contribution < 1.29 is 28.6 Å². The molecule has 0 spiro atoms. The first kappa shape index (κ1) is 62.3. The van der Waals surface area contributed by atoms with Crippen LogP contribution in [0.25, 0.3) is 0 Å². The smallest absolute Gasteiger partial charge is 0.306 e. The minimum atomic E-state index is -0.838. The number of hydrogen-bond donors (Lipinski definition) is 0. The van der Waals surface area contributed by atoms with Crippen LogP contribution in [0.5, 0.6) is 0 Å². The summed E-state index contributed by atoms with van der Waals surface area (Å²) in [5, 5.41) is 0. The van der Waals surface area contributed by atoms with Gasteiger partial charge in [-0.3, -0.25) is 14.4 Å². The summed E-state index contributed by atoms with van der Waals surface area (Å²) in [7, 11) is 0. The summed E-state index contributed by atoms with van der Waals surface area (Å²) in [5.74, 6) is -1.06. The fourth-order valence-corrected chi connectivity index (χ4v) is 6.41. The molecule has 0 bridgehead atoms. The maximum atomic E-state index is 12.8. The number of carbonyl (C=O) groups is 3. The zero-order valence-corrected chi connectivity index (χ0v) is 42.6. The highest BCUT2D eigenvalue weighted by molar-refractivity contribution is 5.71. The molecule has 6 heteroatoms. The van der Waals surface area contributed by atoms with Gasteiger partial charge >= 0.3 is 17.9 Å². The second-order valence-electron chi connectivity index (χ2n) is 16.7. The third-order valence-corrected chi connectivity index (χ3v) is 10.3. The molecule has 0 aliphatic heterocycles. The van der Waals surface area contributed by atoms with Crippen LogP contribution in [0.2, 0.25) is 0 Å². The molecule has 0 aliphatic rings. The summed E-state index contributed by atoms with van der Waals surface area (Å²) in [6, 6.07) is 0. The van der Waals surface area contributed by atoms with Crippen LogP contribution in [0.15, 0.2) is 146 Å². The first-order valence-electron chi connectivity index (χ1n) is 26.3. The Kier molecular flexibility index (Phi) is 50.1. The van der Waals surface area contributed by atoms with E-state index in [9.17, 15) is 14.4 Å². The predicted octanol–water partition coefficient (Wildman–Crippen LogP) is 17.6.